The first-order valence-electron chi connectivity index (χ1n) is 3.66. The van der Waals surface area contributed by atoms with Gasteiger partial charge in [0.25, 0.3) is 0 Å². The Morgan fingerprint density at radius 2 is 1.60 bits per heavy atom. The van der Waals surface area contributed by atoms with Crippen LogP contribution in [0, 0.1) is 0 Å². The number of rotatable bonds is 0. The predicted octanol–water partition coefficient (Wildman–Crippen LogP) is -3.80. The van der Waals surface area contributed by atoms with Gasteiger partial charge in [0.1, 0.15) is 0 Å². The number of halogens is 2. The molecule has 0 aliphatic rings. The summed E-state index contributed by atoms with van der Waals surface area (Å²) in [6.07, 6.45) is 1.54. The molecule has 5 heteroatoms. The van der Waals surface area contributed by atoms with Gasteiger partial charge in [0.2, 0.25) is 5.88 Å². The SMILES string of the molecule is Oc1ccccn1.[Cl-].[Cl-].[V+2].c1cc[cH-]c1. The van der Waals surface area contributed by atoms with Gasteiger partial charge in [0.05, 0.1) is 0 Å². The van der Waals surface area contributed by atoms with Crippen molar-refractivity contribution in [2.24, 2.45) is 0 Å². The van der Waals surface area contributed by atoms with Crippen molar-refractivity contribution in [1.29, 1.82) is 0 Å². The van der Waals surface area contributed by atoms with E-state index in [1.807, 2.05) is 30.3 Å². The summed E-state index contributed by atoms with van der Waals surface area (Å²) < 4.78 is 0. The zero-order valence-electron chi connectivity index (χ0n) is 7.79. The molecular weight excluding hydrogens is 272 g/mol. The Labute approximate surface area is 114 Å². The minimum atomic E-state index is 0. The average molecular weight is 282 g/mol. The van der Waals surface area contributed by atoms with Gasteiger partial charge in [0.15, 0.2) is 0 Å². The van der Waals surface area contributed by atoms with Crippen molar-refractivity contribution in [2.45, 2.75) is 0 Å². The van der Waals surface area contributed by atoms with Crippen LogP contribution in [0.25, 0.3) is 0 Å². The van der Waals surface area contributed by atoms with E-state index in [1.54, 1.807) is 12.1 Å². The molecule has 1 aromatic carbocycles. The van der Waals surface area contributed by atoms with Crippen LogP contribution in [0.2, 0.25) is 0 Å². The van der Waals surface area contributed by atoms with Gasteiger partial charge in [-0.25, -0.2) is 17.1 Å². The molecule has 1 N–H and O–H groups in total. The molecular formula is C10H10Cl2NOV-. The summed E-state index contributed by atoms with van der Waals surface area (Å²) in [7, 11) is 0. The summed E-state index contributed by atoms with van der Waals surface area (Å²) in [6.45, 7) is 0. The second kappa shape index (κ2) is 13.5. The van der Waals surface area contributed by atoms with Crippen molar-refractivity contribution in [3.05, 3.63) is 54.7 Å². The Balaban J connectivity index is -0.000000165. The van der Waals surface area contributed by atoms with Crippen LogP contribution >= 0.6 is 0 Å². The third-order valence-electron chi connectivity index (χ3n) is 1.20. The van der Waals surface area contributed by atoms with Crippen molar-refractivity contribution >= 4 is 0 Å². The Morgan fingerprint density at radius 3 is 1.80 bits per heavy atom. The van der Waals surface area contributed by atoms with E-state index in [2.05, 4.69) is 4.98 Å². The average Bonchev–Trinajstić information content (AvgIpc) is 2.62. The number of hydrogen-bond acceptors (Lipinski definition) is 2. The van der Waals surface area contributed by atoms with Crippen molar-refractivity contribution in [3.63, 3.8) is 0 Å². The van der Waals surface area contributed by atoms with Crippen LogP contribution in [0.5, 0.6) is 5.88 Å². The molecule has 0 unspecified atom stereocenters. The molecule has 2 nitrogen and oxygen atoms in total. The van der Waals surface area contributed by atoms with Crippen LogP contribution in [0.3, 0.4) is 0 Å². The molecule has 0 aliphatic carbocycles. The Morgan fingerprint density at radius 1 is 1.00 bits per heavy atom. The molecule has 0 saturated heterocycles. The number of hydrogen-bond donors (Lipinski definition) is 1. The van der Waals surface area contributed by atoms with Gasteiger partial charge in [0, 0.05) is 12.3 Å². The molecule has 15 heavy (non-hydrogen) atoms. The van der Waals surface area contributed by atoms with E-state index >= 15 is 0 Å². The van der Waals surface area contributed by atoms with Gasteiger partial charge in [-0.1, -0.05) is 6.07 Å². The molecule has 0 aliphatic heterocycles. The topological polar surface area (TPSA) is 33.1 Å². The van der Waals surface area contributed by atoms with Gasteiger partial charge in [-0.15, -0.1) is 0 Å². The first-order valence-corrected chi connectivity index (χ1v) is 3.66. The monoisotopic (exact) mass is 281 g/mol. The van der Waals surface area contributed by atoms with Crippen LogP contribution < -0.4 is 24.8 Å². The zero-order chi connectivity index (χ0) is 8.65. The quantitative estimate of drug-likeness (QED) is 0.503. The molecule has 0 saturated carbocycles. The van der Waals surface area contributed by atoms with Crippen molar-refractivity contribution in [2.75, 3.05) is 0 Å². The number of aromatic nitrogens is 1. The summed E-state index contributed by atoms with van der Waals surface area (Å²) >= 11 is 0. The summed E-state index contributed by atoms with van der Waals surface area (Å²) in [4.78, 5) is 3.53. The Bertz CT molecular complexity index is 272. The molecule has 1 aromatic heterocycles. The van der Waals surface area contributed by atoms with Crippen LogP contribution in [0.1, 0.15) is 0 Å². The van der Waals surface area contributed by atoms with E-state index in [0.717, 1.165) is 0 Å². The molecule has 2 rings (SSSR count). The molecule has 0 spiro atoms. The number of pyridine rings is 1. The van der Waals surface area contributed by atoms with E-state index in [4.69, 9.17) is 5.11 Å². The van der Waals surface area contributed by atoms with Crippen LogP contribution in [0.15, 0.2) is 54.7 Å². The molecule has 0 amide bonds. The van der Waals surface area contributed by atoms with Crippen molar-refractivity contribution in [3.8, 4) is 5.88 Å². The Hall–Kier alpha value is -0.536. The third kappa shape index (κ3) is 11.4. The Kier molecular flexibility index (Phi) is 17.9. The fourth-order valence-corrected chi connectivity index (χ4v) is 0.674. The second-order valence-electron chi connectivity index (χ2n) is 2.15. The largest absolute Gasteiger partial charge is 2.00 e. The smallest absolute Gasteiger partial charge is 1.00 e. The van der Waals surface area contributed by atoms with E-state index in [-0.39, 0.29) is 49.2 Å². The molecule has 1 radical (unpaired) electrons. The normalized spacial score (nSPS) is 6.67. The molecule has 0 atom stereocenters. The summed E-state index contributed by atoms with van der Waals surface area (Å²) in [6, 6.07) is 15.0. The molecule has 0 bridgehead atoms. The first kappa shape index (κ1) is 20.0. The summed E-state index contributed by atoms with van der Waals surface area (Å²) in [5.74, 6) is 0.0718. The maximum Gasteiger partial charge on any atom is 2.00 e. The van der Waals surface area contributed by atoms with Gasteiger partial charge >= 0.3 is 18.6 Å². The standard InChI is InChI=1S/C5H5NO.C5H5.2ClH.V/c7-5-3-1-2-4-6-5;1-2-4-5-3-1;;;/h1-4H,(H,6,7);1-5H;2*1H;/q;-1;;;+2/p-2. The van der Waals surface area contributed by atoms with Crippen LogP contribution in [-0.4, -0.2) is 10.1 Å². The fourth-order valence-electron chi connectivity index (χ4n) is 0.674. The number of nitrogens with zero attached hydrogens (tertiary/aromatic N) is 1. The van der Waals surface area contributed by atoms with Gasteiger partial charge < -0.3 is 29.9 Å². The molecule has 0 fully saturated rings. The molecule has 81 valence electrons. The van der Waals surface area contributed by atoms with Crippen molar-refractivity contribution in [1.82, 2.24) is 4.98 Å². The maximum atomic E-state index is 8.52. The van der Waals surface area contributed by atoms with E-state index < -0.39 is 0 Å². The second-order valence-corrected chi connectivity index (χ2v) is 2.15. The predicted molar refractivity (Wildman–Crippen MR) is 47.9 cm³/mol. The third-order valence-corrected chi connectivity index (χ3v) is 1.20. The van der Waals surface area contributed by atoms with E-state index in [0.29, 0.717) is 0 Å². The minimum absolute atomic E-state index is 0. The van der Waals surface area contributed by atoms with Gasteiger partial charge in [-0.05, 0) is 6.07 Å². The maximum absolute atomic E-state index is 8.52. The van der Waals surface area contributed by atoms with Crippen molar-refractivity contribution < 1.29 is 48.5 Å². The fraction of sp³-hybridized carbons (Fsp3) is 0. The minimum Gasteiger partial charge on any atom is -1.00 e. The first-order chi connectivity index (χ1) is 5.89. The summed E-state index contributed by atoms with van der Waals surface area (Å²) in [5, 5.41) is 8.52. The van der Waals surface area contributed by atoms with Gasteiger partial charge in [-0.2, -0.15) is 18.2 Å². The zero-order valence-corrected chi connectivity index (χ0v) is 10.7. The van der Waals surface area contributed by atoms with E-state index in [9.17, 15) is 0 Å². The van der Waals surface area contributed by atoms with Crippen LogP contribution in [0.4, 0.5) is 0 Å². The molecule has 2 aromatic rings. The molecule has 1 heterocycles. The number of aromatic hydroxyl groups is 1. The van der Waals surface area contributed by atoms with Gasteiger partial charge in [-0.3, -0.25) is 0 Å². The van der Waals surface area contributed by atoms with Crippen LogP contribution in [-0.2, 0) is 18.6 Å². The summed E-state index contributed by atoms with van der Waals surface area (Å²) in [5.41, 5.74) is 0. The van der Waals surface area contributed by atoms with E-state index in [1.165, 1.54) is 12.3 Å².